The van der Waals surface area contributed by atoms with Gasteiger partial charge in [0, 0.05) is 58.2 Å². The first kappa shape index (κ1) is 36.7. The highest BCUT2D eigenvalue weighted by Gasteiger charge is 2.27. The lowest BCUT2D eigenvalue weighted by molar-refractivity contribution is 0.669. The molecule has 0 aliphatic carbocycles. The maximum absolute atomic E-state index is 7.23. The normalized spacial score (nSPS) is 14.4. The van der Waals surface area contributed by atoms with Gasteiger partial charge in [-0.1, -0.05) is 146 Å². The van der Waals surface area contributed by atoms with Crippen LogP contribution in [0.25, 0.3) is 113 Å². The van der Waals surface area contributed by atoms with E-state index in [9.17, 15) is 0 Å². The number of hydrogen-bond acceptors (Lipinski definition) is 5. The average Bonchev–Trinajstić information content (AvgIpc) is 4.06. The lowest BCUT2D eigenvalue weighted by Gasteiger charge is -2.24. The van der Waals surface area contributed by atoms with E-state index in [0.717, 1.165) is 72.0 Å². The summed E-state index contributed by atoms with van der Waals surface area (Å²) in [4.78, 5) is 11.1. The first-order chi connectivity index (χ1) is 33.2. The third kappa shape index (κ3) is 5.54. The number of furan rings is 1. The molecule has 6 heteroatoms. The molecule has 0 saturated carbocycles. The summed E-state index contributed by atoms with van der Waals surface area (Å²) in [5.41, 5.74) is 7.87. The SMILES string of the molecule is c1ccc2cc(C3N=C(c4cccc5sc6ccccc6c45)N=C(c4cc(-n5c6cc7ccccc7cc6c6cc7ccccc7cc65)c5oc6c7ccccc7ccc6c5c4)N3)ccc2c1. The smallest absolute Gasteiger partial charge is 0.160 e. The maximum atomic E-state index is 7.23. The molecule has 14 aromatic rings. The summed E-state index contributed by atoms with van der Waals surface area (Å²) in [7, 11) is 0. The number of thiophene rings is 1. The van der Waals surface area contributed by atoms with Gasteiger partial charge in [0.25, 0.3) is 0 Å². The van der Waals surface area contributed by atoms with Crippen LogP contribution in [0.15, 0.2) is 221 Å². The van der Waals surface area contributed by atoms with E-state index in [1.807, 2.05) is 11.3 Å². The molecule has 3 aromatic heterocycles. The van der Waals surface area contributed by atoms with E-state index in [4.69, 9.17) is 14.4 Å². The predicted octanol–water partition coefficient (Wildman–Crippen LogP) is 16.2. The third-order valence-corrected chi connectivity index (χ3v) is 15.1. The number of rotatable bonds is 4. The maximum Gasteiger partial charge on any atom is 0.160 e. The Kier molecular flexibility index (Phi) is 7.65. The summed E-state index contributed by atoms with van der Waals surface area (Å²) in [5, 5.41) is 20.1. The van der Waals surface area contributed by atoms with E-state index in [1.165, 1.54) is 63.3 Å². The van der Waals surface area contributed by atoms with Crippen molar-refractivity contribution in [3.63, 3.8) is 0 Å². The number of aliphatic imine (C=N–C) groups is 2. The number of amidine groups is 2. The summed E-state index contributed by atoms with van der Waals surface area (Å²) in [6, 6.07) is 74.5. The molecule has 0 saturated heterocycles. The minimum Gasteiger partial charge on any atom is -0.453 e. The number of aromatic nitrogens is 1. The Morgan fingerprint density at radius 2 is 1.06 bits per heavy atom. The van der Waals surface area contributed by atoms with Crippen LogP contribution in [0.1, 0.15) is 22.9 Å². The van der Waals surface area contributed by atoms with Gasteiger partial charge in [-0.15, -0.1) is 11.3 Å². The number of fused-ring (bicyclic) bond motifs is 14. The first-order valence-electron chi connectivity index (χ1n) is 22.7. The largest absolute Gasteiger partial charge is 0.453 e. The van der Waals surface area contributed by atoms with Crippen molar-refractivity contribution in [2.75, 3.05) is 0 Å². The fourth-order valence-corrected chi connectivity index (χ4v) is 11.9. The molecule has 5 nitrogen and oxygen atoms in total. The monoisotopic (exact) mass is 872 g/mol. The quantitative estimate of drug-likeness (QED) is 0.192. The van der Waals surface area contributed by atoms with Crippen molar-refractivity contribution in [3.8, 4) is 5.69 Å². The Bertz CT molecular complexity index is 4420. The second-order valence-electron chi connectivity index (χ2n) is 17.7. The summed E-state index contributed by atoms with van der Waals surface area (Å²) in [5.74, 6) is 1.44. The molecule has 0 fully saturated rings. The van der Waals surface area contributed by atoms with Crippen LogP contribution in [-0.4, -0.2) is 16.2 Å². The van der Waals surface area contributed by atoms with Gasteiger partial charge < -0.3 is 14.3 Å². The third-order valence-electron chi connectivity index (χ3n) is 13.9. The molecule has 0 radical (unpaired) electrons. The van der Waals surface area contributed by atoms with Crippen LogP contribution in [0.5, 0.6) is 0 Å². The number of benzene rings is 11. The van der Waals surface area contributed by atoms with Gasteiger partial charge >= 0.3 is 0 Å². The number of nitrogens with one attached hydrogen (secondary N) is 1. The molecular formula is C61H36N4OS. The first-order valence-corrected chi connectivity index (χ1v) is 23.6. The fraction of sp³-hybridized carbons (Fsp3) is 0.0164. The zero-order valence-corrected chi connectivity index (χ0v) is 36.7. The molecule has 1 N–H and O–H groups in total. The summed E-state index contributed by atoms with van der Waals surface area (Å²) in [6.07, 6.45) is -0.414. The molecule has 312 valence electrons. The standard InChI is InChI=1S/C61H36N4OS/c1-2-14-37-28-42(25-24-35(37)12-1)59-62-60(64-61(63-59)47-21-11-23-55-56(47)46-20-9-10-22-54(46)67-55)43-31-50-45-27-26-36-13-7-8-19-44(36)57(45)66-58(50)53(34-43)65-51-32-40-17-5-3-15-38(40)29-48(51)49-30-39-16-4-6-18-41(39)33-52(49)65/h1-34,59H,(H,62,63,64). The van der Waals surface area contributed by atoms with E-state index >= 15 is 0 Å². The van der Waals surface area contributed by atoms with E-state index in [2.05, 4.69) is 216 Å². The van der Waals surface area contributed by atoms with Gasteiger partial charge in [0.15, 0.2) is 11.4 Å². The van der Waals surface area contributed by atoms with Gasteiger partial charge in [0.05, 0.1) is 16.7 Å². The fourth-order valence-electron chi connectivity index (χ4n) is 10.8. The van der Waals surface area contributed by atoms with Crippen LogP contribution >= 0.6 is 11.3 Å². The van der Waals surface area contributed by atoms with Gasteiger partial charge in [-0.3, -0.25) is 0 Å². The second kappa shape index (κ2) is 14.0. The molecular weight excluding hydrogens is 837 g/mol. The zero-order chi connectivity index (χ0) is 43.7. The minimum atomic E-state index is -0.414. The van der Waals surface area contributed by atoms with Crippen molar-refractivity contribution < 1.29 is 4.42 Å². The predicted molar refractivity (Wildman–Crippen MR) is 283 cm³/mol. The summed E-state index contributed by atoms with van der Waals surface area (Å²) >= 11 is 1.81. The highest BCUT2D eigenvalue weighted by molar-refractivity contribution is 7.25. The van der Waals surface area contributed by atoms with Crippen molar-refractivity contribution in [1.82, 2.24) is 9.88 Å². The van der Waals surface area contributed by atoms with E-state index in [0.29, 0.717) is 5.84 Å². The zero-order valence-electron chi connectivity index (χ0n) is 35.9. The van der Waals surface area contributed by atoms with Gasteiger partial charge in [0.1, 0.15) is 17.6 Å². The Hall–Kier alpha value is -8.58. The molecule has 0 bridgehead atoms. The van der Waals surface area contributed by atoms with Gasteiger partial charge in [0.2, 0.25) is 0 Å². The second-order valence-corrected chi connectivity index (χ2v) is 18.8. The lowest BCUT2D eigenvalue weighted by atomic mass is 10.0. The van der Waals surface area contributed by atoms with Crippen molar-refractivity contribution in [2.24, 2.45) is 9.98 Å². The van der Waals surface area contributed by atoms with Crippen LogP contribution in [-0.2, 0) is 0 Å². The van der Waals surface area contributed by atoms with Crippen molar-refractivity contribution in [2.45, 2.75) is 6.17 Å². The topological polar surface area (TPSA) is 54.8 Å². The van der Waals surface area contributed by atoms with Crippen LogP contribution in [0.4, 0.5) is 0 Å². The van der Waals surface area contributed by atoms with Crippen molar-refractivity contribution in [1.29, 1.82) is 0 Å². The van der Waals surface area contributed by atoms with Gasteiger partial charge in [-0.2, -0.15) is 0 Å². The number of hydrogen-bond donors (Lipinski definition) is 1. The Morgan fingerprint density at radius 3 is 1.81 bits per heavy atom. The van der Waals surface area contributed by atoms with Gasteiger partial charge in [-0.25, -0.2) is 9.98 Å². The molecule has 0 spiro atoms. The molecule has 1 unspecified atom stereocenters. The minimum absolute atomic E-state index is 0.414. The highest BCUT2D eigenvalue weighted by atomic mass is 32.1. The molecule has 0 amide bonds. The molecule has 1 aliphatic rings. The summed E-state index contributed by atoms with van der Waals surface area (Å²) < 4.78 is 12.1. The van der Waals surface area contributed by atoms with E-state index in [-0.39, 0.29) is 0 Å². The van der Waals surface area contributed by atoms with Gasteiger partial charge in [-0.05, 0) is 104 Å². The molecule has 15 rings (SSSR count). The Labute approximate surface area is 387 Å². The van der Waals surface area contributed by atoms with Crippen molar-refractivity contribution in [3.05, 3.63) is 223 Å². The van der Waals surface area contributed by atoms with Crippen molar-refractivity contribution >= 4 is 130 Å². The number of nitrogens with zero attached hydrogens (tertiary/aromatic N) is 3. The molecule has 67 heavy (non-hydrogen) atoms. The Balaban J connectivity index is 1.05. The molecule has 1 aliphatic heterocycles. The summed E-state index contributed by atoms with van der Waals surface area (Å²) in [6.45, 7) is 0. The molecule has 1 atom stereocenters. The Morgan fingerprint density at radius 1 is 0.448 bits per heavy atom. The van der Waals surface area contributed by atoms with E-state index in [1.54, 1.807) is 0 Å². The van der Waals surface area contributed by atoms with Crippen LogP contribution in [0, 0.1) is 0 Å². The van der Waals surface area contributed by atoms with Crippen LogP contribution < -0.4 is 5.32 Å². The molecule has 4 heterocycles. The molecule has 11 aromatic carbocycles. The highest BCUT2D eigenvalue weighted by Crippen LogP contribution is 2.44. The lowest BCUT2D eigenvalue weighted by Crippen LogP contribution is -2.33. The van der Waals surface area contributed by atoms with E-state index < -0.39 is 6.17 Å². The average molecular weight is 873 g/mol. The van der Waals surface area contributed by atoms with Crippen LogP contribution in [0.2, 0.25) is 0 Å². The van der Waals surface area contributed by atoms with Crippen LogP contribution in [0.3, 0.4) is 0 Å².